The van der Waals surface area contributed by atoms with Gasteiger partial charge in [-0.05, 0) is 25.7 Å². The number of carbonyl (C=O) groups excluding carboxylic acids is 4. The zero-order valence-corrected chi connectivity index (χ0v) is 13.6. The first-order valence-corrected chi connectivity index (χ1v) is 8.13. The largest absolute Gasteiger partial charge is 0.452 e. The topological polar surface area (TPSA) is 93.2 Å². The number of likely N-dealkylation sites (tertiary alicyclic amines) is 2. The molecule has 0 aromatic heterocycles. The maximum absolute atomic E-state index is 11.7. The van der Waals surface area contributed by atoms with Gasteiger partial charge in [0.05, 0.1) is 0 Å². The van der Waals surface area contributed by atoms with E-state index in [-0.39, 0.29) is 25.0 Å². The van der Waals surface area contributed by atoms with Crippen molar-refractivity contribution in [3.63, 3.8) is 0 Å². The molecule has 132 valence electrons. The lowest BCUT2D eigenvalue weighted by molar-refractivity contribution is -0.148. The number of hydrogen-bond donors (Lipinski definition) is 0. The predicted molar refractivity (Wildman–Crippen MR) is 82.7 cm³/mol. The number of carbonyl (C=O) groups is 4. The number of hydrogen-bond acceptors (Lipinski definition) is 6. The summed E-state index contributed by atoms with van der Waals surface area (Å²) in [6.45, 7) is 2.05. The van der Waals surface area contributed by atoms with Gasteiger partial charge in [-0.1, -0.05) is 0 Å². The maximum Gasteiger partial charge on any atom is 0.331 e. The fourth-order valence-corrected chi connectivity index (χ4v) is 2.61. The highest BCUT2D eigenvalue weighted by molar-refractivity contribution is 5.93. The van der Waals surface area contributed by atoms with Crippen LogP contribution in [0, 0.1) is 0 Å². The van der Waals surface area contributed by atoms with Gasteiger partial charge in [-0.15, -0.1) is 0 Å². The fourth-order valence-electron chi connectivity index (χ4n) is 2.61. The molecule has 2 aliphatic heterocycles. The fraction of sp³-hybridized carbons (Fsp3) is 0.625. The minimum Gasteiger partial charge on any atom is -0.452 e. The van der Waals surface area contributed by atoms with Crippen LogP contribution < -0.4 is 0 Å². The van der Waals surface area contributed by atoms with E-state index in [0.717, 1.165) is 37.8 Å². The molecular weight excluding hydrogens is 316 g/mol. The molecule has 0 spiro atoms. The Bertz CT molecular complexity index is 473. The molecule has 0 unspecified atom stereocenters. The van der Waals surface area contributed by atoms with Crippen molar-refractivity contribution in [1.29, 1.82) is 0 Å². The van der Waals surface area contributed by atoms with Crippen LogP contribution in [-0.2, 0) is 28.7 Å². The molecular formula is C16H22N2O6. The molecule has 0 aromatic rings. The maximum atomic E-state index is 11.7. The van der Waals surface area contributed by atoms with Gasteiger partial charge in [0.2, 0.25) is 0 Å². The van der Waals surface area contributed by atoms with Crippen LogP contribution in [0.4, 0.5) is 0 Å². The van der Waals surface area contributed by atoms with Crippen LogP contribution in [0.1, 0.15) is 25.7 Å². The number of rotatable bonds is 6. The third kappa shape index (κ3) is 5.68. The van der Waals surface area contributed by atoms with E-state index >= 15 is 0 Å². The highest BCUT2D eigenvalue weighted by Crippen LogP contribution is 2.08. The molecule has 0 aromatic carbocycles. The van der Waals surface area contributed by atoms with Crippen molar-refractivity contribution in [3.05, 3.63) is 12.2 Å². The first-order chi connectivity index (χ1) is 11.6. The van der Waals surface area contributed by atoms with E-state index in [1.807, 2.05) is 0 Å². The first kappa shape index (κ1) is 18.0. The average molecular weight is 338 g/mol. The van der Waals surface area contributed by atoms with Gasteiger partial charge in [0.1, 0.15) is 0 Å². The molecule has 0 bridgehead atoms. The second kappa shape index (κ2) is 9.05. The van der Waals surface area contributed by atoms with Crippen LogP contribution in [-0.4, -0.2) is 72.9 Å². The van der Waals surface area contributed by atoms with Gasteiger partial charge in [0.15, 0.2) is 13.2 Å². The summed E-state index contributed by atoms with van der Waals surface area (Å²) >= 11 is 0. The Hall–Kier alpha value is -2.38. The van der Waals surface area contributed by atoms with E-state index in [2.05, 4.69) is 0 Å². The van der Waals surface area contributed by atoms with E-state index in [0.29, 0.717) is 26.2 Å². The van der Waals surface area contributed by atoms with Crippen LogP contribution in [0.5, 0.6) is 0 Å². The van der Waals surface area contributed by atoms with Gasteiger partial charge in [0.25, 0.3) is 11.8 Å². The van der Waals surface area contributed by atoms with Gasteiger partial charge >= 0.3 is 11.9 Å². The van der Waals surface area contributed by atoms with Crippen molar-refractivity contribution in [3.8, 4) is 0 Å². The Balaban J connectivity index is 1.62. The zero-order chi connectivity index (χ0) is 17.4. The number of amides is 2. The Morgan fingerprint density at radius 2 is 1.00 bits per heavy atom. The van der Waals surface area contributed by atoms with Gasteiger partial charge in [-0.3, -0.25) is 9.59 Å². The molecule has 8 nitrogen and oxygen atoms in total. The number of esters is 2. The van der Waals surface area contributed by atoms with E-state index < -0.39 is 11.9 Å². The summed E-state index contributed by atoms with van der Waals surface area (Å²) in [4.78, 5) is 49.5. The van der Waals surface area contributed by atoms with Crippen LogP contribution >= 0.6 is 0 Å². The van der Waals surface area contributed by atoms with Crippen molar-refractivity contribution < 1.29 is 28.7 Å². The molecule has 2 aliphatic rings. The third-order valence-electron chi connectivity index (χ3n) is 3.95. The Morgan fingerprint density at radius 3 is 1.33 bits per heavy atom. The van der Waals surface area contributed by atoms with Crippen LogP contribution in [0.3, 0.4) is 0 Å². The van der Waals surface area contributed by atoms with Crippen LogP contribution in [0.2, 0.25) is 0 Å². The zero-order valence-electron chi connectivity index (χ0n) is 13.6. The Morgan fingerprint density at radius 1 is 0.667 bits per heavy atom. The lowest BCUT2D eigenvalue weighted by Crippen LogP contribution is -2.32. The smallest absolute Gasteiger partial charge is 0.331 e. The van der Waals surface area contributed by atoms with Crippen LogP contribution in [0.25, 0.3) is 0 Å². The molecule has 0 atom stereocenters. The van der Waals surface area contributed by atoms with Crippen molar-refractivity contribution in [2.24, 2.45) is 0 Å². The van der Waals surface area contributed by atoms with E-state index in [9.17, 15) is 19.2 Å². The minimum atomic E-state index is -0.801. The molecule has 0 radical (unpaired) electrons. The molecule has 0 saturated carbocycles. The molecule has 8 heteroatoms. The summed E-state index contributed by atoms with van der Waals surface area (Å²) in [5, 5.41) is 0. The molecule has 2 amide bonds. The molecule has 2 rings (SSSR count). The molecule has 2 saturated heterocycles. The SMILES string of the molecule is O=C(/C=C/C(=O)OCC(=O)N1CCCC1)OCC(=O)N1CCCC1. The summed E-state index contributed by atoms with van der Waals surface area (Å²) in [5.41, 5.74) is 0. The standard InChI is InChI=1S/C16H22N2O6/c19-13(17-7-1-2-8-17)11-23-15(21)5-6-16(22)24-12-14(20)18-9-3-4-10-18/h5-6H,1-4,7-12H2/b6-5+. The lowest BCUT2D eigenvalue weighted by Gasteiger charge is -2.14. The van der Waals surface area contributed by atoms with Crippen LogP contribution in [0.15, 0.2) is 12.2 Å². The highest BCUT2D eigenvalue weighted by atomic mass is 16.5. The molecule has 0 N–H and O–H groups in total. The monoisotopic (exact) mass is 338 g/mol. The number of ether oxygens (including phenoxy) is 2. The Kier molecular flexibility index (Phi) is 6.77. The summed E-state index contributed by atoms with van der Waals surface area (Å²) < 4.78 is 9.55. The summed E-state index contributed by atoms with van der Waals surface area (Å²) in [7, 11) is 0. The lowest BCUT2D eigenvalue weighted by atomic mass is 10.4. The molecule has 24 heavy (non-hydrogen) atoms. The average Bonchev–Trinajstić information content (AvgIpc) is 3.28. The third-order valence-corrected chi connectivity index (χ3v) is 3.95. The van der Waals surface area contributed by atoms with Gasteiger partial charge in [-0.2, -0.15) is 0 Å². The second-order valence-corrected chi connectivity index (χ2v) is 5.72. The van der Waals surface area contributed by atoms with E-state index in [1.165, 1.54) is 0 Å². The van der Waals surface area contributed by atoms with Crippen molar-refractivity contribution in [1.82, 2.24) is 9.80 Å². The summed E-state index contributed by atoms with van der Waals surface area (Å²) in [5.74, 6) is -2.09. The molecule has 2 fully saturated rings. The van der Waals surface area contributed by atoms with E-state index in [4.69, 9.17) is 9.47 Å². The highest BCUT2D eigenvalue weighted by Gasteiger charge is 2.19. The van der Waals surface area contributed by atoms with Gasteiger partial charge < -0.3 is 19.3 Å². The Labute approximate surface area is 140 Å². The van der Waals surface area contributed by atoms with Gasteiger partial charge in [0, 0.05) is 38.3 Å². The van der Waals surface area contributed by atoms with Crippen molar-refractivity contribution >= 4 is 23.8 Å². The minimum absolute atomic E-state index is 0.243. The van der Waals surface area contributed by atoms with Crippen molar-refractivity contribution in [2.75, 3.05) is 39.4 Å². The predicted octanol–water partition coefficient (Wildman–Crippen LogP) is -0.126. The molecule has 0 aliphatic carbocycles. The van der Waals surface area contributed by atoms with Crippen molar-refractivity contribution in [2.45, 2.75) is 25.7 Å². The second-order valence-electron chi connectivity index (χ2n) is 5.72. The quantitative estimate of drug-likeness (QED) is 0.495. The molecule has 2 heterocycles. The first-order valence-electron chi connectivity index (χ1n) is 8.13. The van der Waals surface area contributed by atoms with Gasteiger partial charge in [-0.25, -0.2) is 9.59 Å². The summed E-state index contributed by atoms with van der Waals surface area (Å²) in [6, 6.07) is 0. The normalized spacial score (nSPS) is 17.3. The summed E-state index contributed by atoms with van der Waals surface area (Å²) in [6.07, 6.45) is 5.62. The van der Waals surface area contributed by atoms with E-state index in [1.54, 1.807) is 9.80 Å². The number of nitrogens with zero attached hydrogens (tertiary/aromatic N) is 2.